The highest BCUT2D eigenvalue weighted by atomic mass is 19.2. The zero-order chi connectivity index (χ0) is 11.4. The van der Waals surface area contributed by atoms with E-state index in [-0.39, 0.29) is 0 Å². The molecule has 88 valence electrons. The number of halogens is 2. The first kappa shape index (κ1) is 11.3. The highest BCUT2D eigenvalue weighted by Crippen LogP contribution is 2.18. The third kappa shape index (κ3) is 2.92. The molecular formula is C12H15F2NO. The second-order valence-electron chi connectivity index (χ2n) is 4.08. The van der Waals surface area contributed by atoms with Gasteiger partial charge >= 0.3 is 0 Å². The lowest BCUT2D eigenvalue weighted by atomic mass is 9.99. The topological polar surface area (TPSA) is 21.3 Å². The van der Waals surface area contributed by atoms with E-state index in [4.69, 9.17) is 4.74 Å². The predicted octanol–water partition coefficient (Wildman–Crippen LogP) is 2.34. The number of ether oxygens (including phenoxy) is 1. The molecule has 2 rings (SSSR count). The minimum absolute atomic E-state index is 0.400. The van der Waals surface area contributed by atoms with Gasteiger partial charge in [0, 0.05) is 6.07 Å². The molecule has 1 fully saturated rings. The molecule has 1 saturated heterocycles. The van der Waals surface area contributed by atoms with Crippen LogP contribution in [0.3, 0.4) is 0 Å². The van der Waals surface area contributed by atoms with Crippen LogP contribution in [0.1, 0.15) is 12.8 Å². The van der Waals surface area contributed by atoms with Gasteiger partial charge in [0.2, 0.25) is 0 Å². The van der Waals surface area contributed by atoms with Crippen molar-refractivity contribution in [2.24, 2.45) is 5.92 Å². The van der Waals surface area contributed by atoms with Crippen molar-refractivity contribution < 1.29 is 13.5 Å². The summed E-state index contributed by atoms with van der Waals surface area (Å²) in [6, 6.07) is 3.64. The Morgan fingerprint density at radius 1 is 1.19 bits per heavy atom. The van der Waals surface area contributed by atoms with E-state index in [0.717, 1.165) is 38.1 Å². The summed E-state index contributed by atoms with van der Waals surface area (Å²) in [5, 5.41) is 3.26. The average Bonchev–Trinajstić information content (AvgIpc) is 2.32. The van der Waals surface area contributed by atoms with E-state index in [1.807, 2.05) is 0 Å². The molecule has 1 aromatic carbocycles. The fraction of sp³-hybridized carbons (Fsp3) is 0.500. The molecule has 0 saturated carbocycles. The highest BCUT2D eigenvalue weighted by Gasteiger charge is 2.13. The molecule has 2 nitrogen and oxygen atoms in total. The van der Waals surface area contributed by atoms with E-state index < -0.39 is 11.6 Å². The van der Waals surface area contributed by atoms with Crippen molar-refractivity contribution in [2.75, 3.05) is 19.7 Å². The second-order valence-corrected chi connectivity index (χ2v) is 4.08. The maximum atomic E-state index is 12.9. The number of hydrogen-bond donors (Lipinski definition) is 1. The smallest absolute Gasteiger partial charge is 0.162 e. The fourth-order valence-corrected chi connectivity index (χ4v) is 1.83. The maximum Gasteiger partial charge on any atom is 0.162 e. The zero-order valence-electron chi connectivity index (χ0n) is 9.01. The van der Waals surface area contributed by atoms with Gasteiger partial charge in [0.05, 0.1) is 6.61 Å². The van der Waals surface area contributed by atoms with Crippen LogP contribution in [0.5, 0.6) is 5.75 Å². The average molecular weight is 227 g/mol. The van der Waals surface area contributed by atoms with Crippen LogP contribution in [-0.4, -0.2) is 19.7 Å². The van der Waals surface area contributed by atoms with E-state index in [1.165, 1.54) is 6.07 Å². The number of nitrogens with one attached hydrogen (secondary N) is 1. The van der Waals surface area contributed by atoms with Crippen molar-refractivity contribution in [3.63, 3.8) is 0 Å². The van der Waals surface area contributed by atoms with Crippen LogP contribution in [0, 0.1) is 17.6 Å². The lowest BCUT2D eigenvalue weighted by molar-refractivity contribution is 0.214. The quantitative estimate of drug-likeness (QED) is 0.855. The molecule has 0 atom stereocenters. The first-order chi connectivity index (χ1) is 7.75. The third-order valence-corrected chi connectivity index (χ3v) is 2.84. The lowest BCUT2D eigenvalue weighted by Crippen LogP contribution is -2.30. The normalized spacial score (nSPS) is 17.4. The maximum absolute atomic E-state index is 12.9. The Balaban J connectivity index is 1.86. The Labute approximate surface area is 93.6 Å². The summed E-state index contributed by atoms with van der Waals surface area (Å²) in [5.41, 5.74) is 0. The minimum atomic E-state index is -0.859. The van der Waals surface area contributed by atoms with Gasteiger partial charge in [-0.1, -0.05) is 0 Å². The Hall–Kier alpha value is -1.16. The standard InChI is InChI=1S/C12H15F2NO/c13-11-2-1-10(7-12(11)14)16-8-9-3-5-15-6-4-9/h1-2,7,9,15H,3-6,8H2. The van der Waals surface area contributed by atoms with Gasteiger partial charge in [-0.25, -0.2) is 8.78 Å². The van der Waals surface area contributed by atoms with Crippen LogP contribution >= 0.6 is 0 Å². The van der Waals surface area contributed by atoms with Gasteiger partial charge in [0.25, 0.3) is 0 Å². The molecule has 1 heterocycles. The molecule has 16 heavy (non-hydrogen) atoms. The Bertz CT molecular complexity index is 351. The first-order valence-electron chi connectivity index (χ1n) is 5.54. The molecule has 1 N–H and O–H groups in total. The summed E-state index contributed by atoms with van der Waals surface area (Å²) < 4.78 is 31.0. The summed E-state index contributed by atoms with van der Waals surface area (Å²) in [4.78, 5) is 0. The van der Waals surface area contributed by atoms with Crippen LogP contribution in [0.25, 0.3) is 0 Å². The van der Waals surface area contributed by atoms with Crippen molar-refractivity contribution in [2.45, 2.75) is 12.8 Å². The number of benzene rings is 1. The highest BCUT2D eigenvalue weighted by molar-refractivity contribution is 5.23. The first-order valence-corrected chi connectivity index (χ1v) is 5.54. The van der Waals surface area contributed by atoms with E-state index in [1.54, 1.807) is 0 Å². The SMILES string of the molecule is Fc1ccc(OCC2CCNCC2)cc1F. The van der Waals surface area contributed by atoms with Gasteiger partial charge in [-0.15, -0.1) is 0 Å². The van der Waals surface area contributed by atoms with E-state index >= 15 is 0 Å². The Morgan fingerprint density at radius 2 is 1.94 bits per heavy atom. The Morgan fingerprint density at radius 3 is 2.62 bits per heavy atom. The summed E-state index contributed by atoms with van der Waals surface area (Å²) in [6.07, 6.45) is 2.15. The largest absolute Gasteiger partial charge is 0.493 e. The monoisotopic (exact) mass is 227 g/mol. The van der Waals surface area contributed by atoms with Gasteiger partial charge in [0.15, 0.2) is 11.6 Å². The number of rotatable bonds is 3. The predicted molar refractivity (Wildman–Crippen MR) is 57.4 cm³/mol. The molecular weight excluding hydrogens is 212 g/mol. The van der Waals surface area contributed by atoms with Gasteiger partial charge < -0.3 is 10.1 Å². The van der Waals surface area contributed by atoms with Gasteiger partial charge in [-0.3, -0.25) is 0 Å². The molecule has 4 heteroatoms. The van der Waals surface area contributed by atoms with Gasteiger partial charge in [0.1, 0.15) is 5.75 Å². The molecule has 0 unspecified atom stereocenters. The second kappa shape index (κ2) is 5.25. The molecule has 0 spiro atoms. The van der Waals surface area contributed by atoms with E-state index in [0.29, 0.717) is 18.3 Å². The number of hydrogen-bond acceptors (Lipinski definition) is 2. The van der Waals surface area contributed by atoms with Crippen LogP contribution in [-0.2, 0) is 0 Å². The summed E-state index contributed by atoms with van der Waals surface area (Å²) in [6.45, 7) is 2.59. The molecule has 1 aliphatic rings. The van der Waals surface area contributed by atoms with Crippen molar-refractivity contribution >= 4 is 0 Å². The van der Waals surface area contributed by atoms with E-state index in [2.05, 4.69) is 5.32 Å². The molecule has 0 bridgehead atoms. The van der Waals surface area contributed by atoms with Crippen molar-refractivity contribution in [3.05, 3.63) is 29.8 Å². The molecule has 1 aliphatic heterocycles. The van der Waals surface area contributed by atoms with Crippen LogP contribution in [0.4, 0.5) is 8.78 Å². The molecule has 0 radical (unpaired) electrons. The fourth-order valence-electron chi connectivity index (χ4n) is 1.83. The Kier molecular flexibility index (Phi) is 3.72. The molecule has 1 aromatic rings. The molecule has 0 amide bonds. The van der Waals surface area contributed by atoms with Crippen molar-refractivity contribution in [1.29, 1.82) is 0 Å². The summed E-state index contributed by atoms with van der Waals surface area (Å²) in [5.74, 6) is -0.788. The summed E-state index contributed by atoms with van der Waals surface area (Å²) in [7, 11) is 0. The van der Waals surface area contributed by atoms with Crippen LogP contribution in [0.15, 0.2) is 18.2 Å². The summed E-state index contributed by atoms with van der Waals surface area (Å²) >= 11 is 0. The number of piperidine rings is 1. The van der Waals surface area contributed by atoms with Gasteiger partial charge in [-0.05, 0) is 44.0 Å². The lowest BCUT2D eigenvalue weighted by Gasteiger charge is -2.22. The third-order valence-electron chi connectivity index (χ3n) is 2.84. The van der Waals surface area contributed by atoms with Crippen LogP contribution in [0.2, 0.25) is 0 Å². The van der Waals surface area contributed by atoms with Crippen molar-refractivity contribution in [1.82, 2.24) is 5.32 Å². The van der Waals surface area contributed by atoms with Gasteiger partial charge in [-0.2, -0.15) is 0 Å². The zero-order valence-corrected chi connectivity index (χ0v) is 9.01. The van der Waals surface area contributed by atoms with Crippen LogP contribution < -0.4 is 10.1 Å². The molecule has 0 aliphatic carbocycles. The molecule has 0 aromatic heterocycles. The van der Waals surface area contributed by atoms with E-state index in [9.17, 15) is 8.78 Å². The van der Waals surface area contributed by atoms with Crippen molar-refractivity contribution in [3.8, 4) is 5.75 Å². The minimum Gasteiger partial charge on any atom is -0.493 e.